The zero-order chi connectivity index (χ0) is 29.1. The van der Waals surface area contributed by atoms with E-state index in [9.17, 15) is 9.59 Å². The summed E-state index contributed by atoms with van der Waals surface area (Å²) in [5, 5.41) is 5.75. The summed E-state index contributed by atoms with van der Waals surface area (Å²) in [7, 11) is 1.64. The Hall–Kier alpha value is -4.66. The molecule has 0 atom stereocenters. The Morgan fingerprint density at radius 3 is 2.34 bits per heavy atom. The molecule has 0 N–H and O–H groups in total. The number of nitrogens with zero attached hydrogens (tertiary/aromatic N) is 4. The van der Waals surface area contributed by atoms with E-state index >= 15 is 0 Å². The smallest absolute Gasteiger partial charge is 0.410 e. The third-order valence-corrected chi connectivity index (χ3v) is 6.68. The average molecular weight is 555 g/mol. The molecule has 5 rings (SSSR count). The molecule has 0 spiro atoms. The summed E-state index contributed by atoms with van der Waals surface area (Å²) < 4.78 is 19.1. The van der Waals surface area contributed by atoms with Crippen molar-refractivity contribution in [2.24, 2.45) is 0 Å². The lowest BCUT2D eigenvalue weighted by molar-refractivity contribution is 0.0273. The van der Waals surface area contributed by atoms with Gasteiger partial charge in [0.25, 0.3) is 0 Å². The highest BCUT2D eigenvalue weighted by Crippen LogP contribution is 2.36. The van der Waals surface area contributed by atoms with Gasteiger partial charge in [0.1, 0.15) is 28.5 Å². The van der Waals surface area contributed by atoms with Crippen LogP contribution in [0, 0.1) is 0 Å². The molecule has 2 aromatic heterocycles. The fraction of sp³-hybridized carbons (Fsp3) is 0.312. The number of carbonyl (C=O) groups excluding carboxylic acids is 2. The highest BCUT2D eigenvalue weighted by Gasteiger charge is 2.28. The van der Waals surface area contributed by atoms with E-state index in [2.05, 4.69) is 11.1 Å². The first-order valence-corrected chi connectivity index (χ1v) is 13.6. The largest absolute Gasteiger partial charge is 0.497 e. The second-order valence-corrected chi connectivity index (χ2v) is 11.0. The first-order valence-electron chi connectivity index (χ1n) is 13.6. The van der Waals surface area contributed by atoms with E-state index in [-0.39, 0.29) is 11.9 Å². The number of rotatable bonds is 7. The quantitative estimate of drug-likeness (QED) is 0.240. The number of carbonyl (C=O) groups is 2. The monoisotopic (exact) mass is 554 g/mol. The van der Waals surface area contributed by atoms with E-state index in [0.717, 1.165) is 22.3 Å². The van der Waals surface area contributed by atoms with Crippen LogP contribution in [-0.4, -0.2) is 57.3 Å². The Morgan fingerprint density at radius 2 is 1.68 bits per heavy atom. The van der Waals surface area contributed by atoms with Gasteiger partial charge in [0.05, 0.1) is 25.6 Å². The predicted octanol–water partition coefficient (Wildman–Crippen LogP) is 6.51. The summed E-state index contributed by atoms with van der Waals surface area (Å²) >= 11 is 0. The minimum Gasteiger partial charge on any atom is -0.497 e. The zero-order valence-electron chi connectivity index (χ0n) is 24.0. The number of amides is 1. The fourth-order valence-electron chi connectivity index (χ4n) is 4.68. The average Bonchev–Trinajstić information content (AvgIpc) is 3.32. The fourth-order valence-corrected chi connectivity index (χ4v) is 4.68. The van der Waals surface area contributed by atoms with Crippen LogP contribution in [-0.2, 0) is 11.3 Å². The molecule has 2 aromatic carbocycles. The van der Waals surface area contributed by atoms with Gasteiger partial charge in [0.2, 0.25) is 0 Å². The molecule has 0 saturated heterocycles. The number of aromatic nitrogens is 3. The number of ether oxygens (including phenoxy) is 3. The van der Waals surface area contributed by atoms with E-state index in [1.807, 2.05) is 49.7 Å². The van der Waals surface area contributed by atoms with E-state index in [1.54, 1.807) is 48.5 Å². The van der Waals surface area contributed by atoms with Crippen molar-refractivity contribution in [2.75, 3.05) is 20.2 Å². The lowest BCUT2D eigenvalue weighted by atomic mass is 10.0. The van der Waals surface area contributed by atoms with Gasteiger partial charge in [-0.3, -0.25) is 4.79 Å². The van der Waals surface area contributed by atoms with Gasteiger partial charge in [-0.1, -0.05) is 18.2 Å². The van der Waals surface area contributed by atoms with E-state index in [1.165, 1.54) is 6.92 Å². The van der Waals surface area contributed by atoms with Gasteiger partial charge in [-0.15, -0.1) is 0 Å². The summed E-state index contributed by atoms with van der Waals surface area (Å²) in [4.78, 5) is 31.0. The van der Waals surface area contributed by atoms with Crippen molar-refractivity contribution < 1.29 is 23.8 Å². The van der Waals surface area contributed by atoms with Crippen molar-refractivity contribution >= 4 is 28.5 Å². The van der Waals surface area contributed by atoms with Crippen LogP contribution >= 0.6 is 0 Å². The van der Waals surface area contributed by atoms with Crippen molar-refractivity contribution in [3.05, 3.63) is 83.7 Å². The number of ketones is 1. The van der Waals surface area contributed by atoms with Crippen LogP contribution in [0.1, 0.15) is 55.7 Å². The minimum atomic E-state index is -0.589. The van der Waals surface area contributed by atoms with Gasteiger partial charge < -0.3 is 19.1 Å². The molecule has 0 radical (unpaired) electrons. The normalized spacial score (nSPS) is 13.6. The lowest BCUT2D eigenvalue weighted by Gasteiger charge is -2.30. The Balaban J connectivity index is 1.55. The van der Waals surface area contributed by atoms with E-state index in [0.29, 0.717) is 54.5 Å². The third kappa shape index (κ3) is 6.40. The number of hydrogen-bond acceptors (Lipinski definition) is 7. The molecule has 1 amide bonds. The number of fused-ring (bicyclic) bond motifs is 1. The Bertz CT molecular complexity index is 1600. The molecule has 1 aliphatic rings. The third-order valence-electron chi connectivity index (χ3n) is 6.68. The van der Waals surface area contributed by atoms with Crippen LogP contribution in [0.15, 0.2) is 66.9 Å². The van der Waals surface area contributed by atoms with Crippen molar-refractivity contribution in [1.82, 2.24) is 19.7 Å². The molecule has 1 aliphatic heterocycles. The first-order chi connectivity index (χ1) is 19.6. The van der Waals surface area contributed by atoms with Crippen molar-refractivity contribution in [3.8, 4) is 17.2 Å². The van der Waals surface area contributed by atoms with Gasteiger partial charge in [-0.05, 0) is 87.7 Å². The maximum atomic E-state index is 12.9. The van der Waals surface area contributed by atoms with Gasteiger partial charge in [-0.25, -0.2) is 14.5 Å². The topological polar surface area (TPSA) is 95.8 Å². The second-order valence-electron chi connectivity index (χ2n) is 11.0. The lowest BCUT2D eigenvalue weighted by Crippen LogP contribution is -2.39. The molecule has 9 nitrogen and oxygen atoms in total. The van der Waals surface area contributed by atoms with Crippen LogP contribution in [0.4, 0.5) is 4.79 Å². The van der Waals surface area contributed by atoms with Crippen LogP contribution in [0.25, 0.3) is 16.6 Å². The molecule has 0 unspecified atom stereocenters. The molecule has 0 bridgehead atoms. The molecule has 0 saturated carbocycles. The van der Waals surface area contributed by atoms with E-state index in [4.69, 9.17) is 19.3 Å². The number of pyridine rings is 1. The van der Waals surface area contributed by atoms with Crippen molar-refractivity contribution in [2.45, 2.75) is 46.3 Å². The van der Waals surface area contributed by atoms with Gasteiger partial charge in [0.15, 0.2) is 11.4 Å². The molecule has 212 valence electrons. The molecule has 41 heavy (non-hydrogen) atoms. The van der Waals surface area contributed by atoms with Crippen LogP contribution in [0.3, 0.4) is 0 Å². The summed E-state index contributed by atoms with van der Waals surface area (Å²) in [6, 6.07) is 16.6. The maximum absolute atomic E-state index is 12.9. The zero-order valence-corrected chi connectivity index (χ0v) is 24.0. The van der Waals surface area contributed by atoms with Crippen molar-refractivity contribution in [1.29, 1.82) is 0 Å². The van der Waals surface area contributed by atoms with Crippen molar-refractivity contribution in [3.63, 3.8) is 0 Å². The highest BCUT2D eigenvalue weighted by molar-refractivity contribution is 5.95. The number of methoxy groups -OCH3 is 1. The molecular weight excluding hydrogens is 520 g/mol. The summed E-state index contributed by atoms with van der Waals surface area (Å²) in [5.74, 6) is 1.93. The summed E-state index contributed by atoms with van der Waals surface area (Å²) in [6.07, 6.45) is 4.12. The molecular formula is C32H34N4O5. The van der Waals surface area contributed by atoms with Crippen LogP contribution < -0.4 is 9.47 Å². The Kier molecular flexibility index (Phi) is 7.79. The first kappa shape index (κ1) is 27.9. The highest BCUT2D eigenvalue weighted by atomic mass is 16.6. The standard InChI is InChI=1S/C32H34N4O5/c1-21(37)23-10-14-26(15-11-23)40-27-16-17-33-30-28(27)29(34-36(30)19-22-8-12-25(39-5)13-9-22)24-7-6-18-35(20-24)31(38)41-32(2,3)4/h7-17H,6,18-20H2,1-5H3. The summed E-state index contributed by atoms with van der Waals surface area (Å²) in [5.41, 5.74) is 3.30. The molecule has 3 heterocycles. The number of benzene rings is 2. The Labute approximate surface area is 239 Å². The molecule has 4 aromatic rings. The minimum absolute atomic E-state index is 0.0104. The predicted molar refractivity (Wildman–Crippen MR) is 157 cm³/mol. The molecule has 0 aliphatic carbocycles. The molecule has 9 heteroatoms. The van der Waals surface area contributed by atoms with Crippen LogP contribution in [0.5, 0.6) is 17.2 Å². The van der Waals surface area contributed by atoms with Gasteiger partial charge in [-0.2, -0.15) is 5.10 Å². The van der Waals surface area contributed by atoms with Gasteiger partial charge >= 0.3 is 6.09 Å². The maximum Gasteiger partial charge on any atom is 0.410 e. The number of Topliss-reactive ketones (excluding diaryl/α,β-unsaturated/α-hetero) is 1. The second kappa shape index (κ2) is 11.4. The molecule has 0 fully saturated rings. The van der Waals surface area contributed by atoms with E-state index < -0.39 is 5.60 Å². The summed E-state index contributed by atoms with van der Waals surface area (Å²) in [6.45, 7) is 8.50. The number of hydrogen-bond donors (Lipinski definition) is 0. The van der Waals surface area contributed by atoms with Crippen LogP contribution in [0.2, 0.25) is 0 Å². The SMILES string of the molecule is COc1ccc(Cn2nc(C3=CCCN(C(=O)OC(C)(C)C)C3)c3c(Oc4ccc(C(C)=O)cc4)ccnc32)cc1. The van der Waals surface area contributed by atoms with Gasteiger partial charge in [0, 0.05) is 18.3 Å². The Morgan fingerprint density at radius 1 is 0.976 bits per heavy atom.